The van der Waals surface area contributed by atoms with Crippen LogP contribution in [0, 0.1) is 0 Å². The Morgan fingerprint density at radius 2 is 2.25 bits per heavy atom. The lowest BCUT2D eigenvalue weighted by Crippen LogP contribution is -2.25. The third-order valence-electron chi connectivity index (χ3n) is 1.44. The van der Waals surface area contributed by atoms with Crippen molar-refractivity contribution in [2.45, 2.75) is 38.6 Å². The Hall–Kier alpha value is -0.0800. The molecule has 1 unspecified atom stereocenters. The molecule has 0 radical (unpaired) electrons. The largest absolute Gasteiger partial charge is 0.368 e. The van der Waals surface area contributed by atoms with E-state index in [2.05, 4.69) is 0 Å². The molecule has 0 aliphatic heterocycles. The minimum atomic E-state index is -0.569. The summed E-state index contributed by atoms with van der Waals surface area (Å²) in [6.07, 6.45) is 3.31. The highest BCUT2D eigenvalue weighted by atomic mass is 16.6. The van der Waals surface area contributed by atoms with Crippen LogP contribution < -0.4 is 0 Å². The van der Waals surface area contributed by atoms with Gasteiger partial charge in [-0.2, -0.15) is 0 Å². The summed E-state index contributed by atoms with van der Waals surface area (Å²) in [6.45, 7) is 1.65. The van der Waals surface area contributed by atoms with E-state index in [1.54, 1.807) is 6.92 Å². The van der Waals surface area contributed by atoms with Gasteiger partial charge in [-0.3, -0.25) is 0 Å². The predicted octanol–water partition coefficient (Wildman–Crippen LogP) is 0.894. The normalized spacial score (nSPS) is 24.8. The Balaban J connectivity index is 2.01. The van der Waals surface area contributed by atoms with Crippen LogP contribution in [0.2, 0.25) is 0 Å². The first-order chi connectivity index (χ1) is 3.79. The van der Waals surface area contributed by atoms with Gasteiger partial charge in [0.05, 0.1) is 6.10 Å². The maximum atomic E-state index is 8.67. The van der Waals surface area contributed by atoms with E-state index < -0.39 is 6.29 Å². The van der Waals surface area contributed by atoms with Crippen LogP contribution >= 0.6 is 0 Å². The monoisotopic (exact) mass is 116 g/mol. The van der Waals surface area contributed by atoms with Gasteiger partial charge in [0.25, 0.3) is 0 Å². The maximum absolute atomic E-state index is 8.67. The second-order valence-electron chi connectivity index (χ2n) is 2.29. The van der Waals surface area contributed by atoms with E-state index in [-0.39, 0.29) is 0 Å². The summed E-state index contributed by atoms with van der Waals surface area (Å²) in [4.78, 5) is 0. The summed E-state index contributed by atoms with van der Waals surface area (Å²) in [5, 5.41) is 8.67. The first kappa shape index (κ1) is 6.05. The lowest BCUT2D eigenvalue weighted by atomic mass is 9.96. The molecule has 48 valence electrons. The molecule has 1 fully saturated rings. The van der Waals surface area contributed by atoms with Crippen molar-refractivity contribution in [3.63, 3.8) is 0 Å². The SMILES string of the molecule is CC(O)OC1CCC1. The molecule has 2 heteroatoms. The number of hydrogen-bond donors (Lipinski definition) is 1. The van der Waals surface area contributed by atoms with Crippen molar-refractivity contribution in [1.82, 2.24) is 0 Å². The maximum Gasteiger partial charge on any atom is 0.152 e. The van der Waals surface area contributed by atoms with E-state index in [0.717, 1.165) is 12.8 Å². The molecule has 0 amide bonds. The molecule has 0 spiro atoms. The Kier molecular flexibility index (Phi) is 1.86. The standard InChI is InChI=1S/C6H12O2/c1-5(7)8-6-3-2-4-6/h5-7H,2-4H2,1H3. The van der Waals surface area contributed by atoms with Crippen molar-refractivity contribution in [3.8, 4) is 0 Å². The lowest BCUT2D eigenvalue weighted by molar-refractivity contribution is -0.144. The van der Waals surface area contributed by atoms with Crippen LogP contribution in [-0.4, -0.2) is 17.5 Å². The second kappa shape index (κ2) is 2.46. The zero-order chi connectivity index (χ0) is 5.98. The van der Waals surface area contributed by atoms with Crippen LogP contribution in [0.3, 0.4) is 0 Å². The van der Waals surface area contributed by atoms with Gasteiger partial charge in [0.15, 0.2) is 6.29 Å². The van der Waals surface area contributed by atoms with Crippen LogP contribution in [0.25, 0.3) is 0 Å². The molecule has 0 heterocycles. The highest BCUT2D eigenvalue weighted by Gasteiger charge is 2.18. The third kappa shape index (κ3) is 1.46. The van der Waals surface area contributed by atoms with E-state index in [9.17, 15) is 0 Å². The van der Waals surface area contributed by atoms with Crippen molar-refractivity contribution in [2.24, 2.45) is 0 Å². The van der Waals surface area contributed by atoms with Gasteiger partial charge in [0.1, 0.15) is 0 Å². The fourth-order valence-corrected chi connectivity index (χ4v) is 0.785. The molecule has 0 aromatic carbocycles. The minimum absolute atomic E-state index is 0.356. The summed E-state index contributed by atoms with van der Waals surface area (Å²) in [5.74, 6) is 0. The van der Waals surface area contributed by atoms with Gasteiger partial charge in [-0.1, -0.05) is 0 Å². The van der Waals surface area contributed by atoms with E-state index in [4.69, 9.17) is 9.84 Å². The minimum Gasteiger partial charge on any atom is -0.368 e. The van der Waals surface area contributed by atoms with Crippen molar-refractivity contribution in [3.05, 3.63) is 0 Å². The smallest absolute Gasteiger partial charge is 0.152 e. The van der Waals surface area contributed by atoms with Gasteiger partial charge in [0.2, 0.25) is 0 Å². The first-order valence-corrected chi connectivity index (χ1v) is 3.12. The number of aliphatic hydroxyl groups excluding tert-OH is 1. The van der Waals surface area contributed by atoms with Gasteiger partial charge in [-0.05, 0) is 26.2 Å². The molecule has 1 aliphatic carbocycles. The van der Waals surface area contributed by atoms with Crippen LogP contribution in [0.4, 0.5) is 0 Å². The average molecular weight is 116 g/mol. The number of ether oxygens (including phenoxy) is 1. The molecule has 1 aliphatic rings. The summed E-state index contributed by atoms with van der Waals surface area (Å²) >= 11 is 0. The molecule has 1 N–H and O–H groups in total. The number of aliphatic hydroxyl groups is 1. The Bertz CT molecular complexity index is 66.9. The zero-order valence-corrected chi connectivity index (χ0v) is 5.13. The Morgan fingerprint density at radius 3 is 2.38 bits per heavy atom. The Labute approximate surface area is 49.5 Å². The molecule has 1 rings (SSSR count). The fraction of sp³-hybridized carbons (Fsp3) is 1.00. The van der Waals surface area contributed by atoms with Crippen LogP contribution in [0.15, 0.2) is 0 Å². The average Bonchev–Trinajstić information content (AvgIpc) is 1.55. The van der Waals surface area contributed by atoms with Gasteiger partial charge >= 0.3 is 0 Å². The van der Waals surface area contributed by atoms with E-state index in [1.165, 1.54) is 6.42 Å². The van der Waals surface area contributed by atoms with Crippen molar-refractivity contribution < 1.29 is 9.84 Å². The topological polar surface area (TPSA) is 29.5 Å². The van der Waals surface area contributed by atoms with Gasteiger partial charge in [-0.15, -0.1) is 0 Å². The summed E-state index contributed by atoms with van der Waals surface area (Å²) in [6, 6.07) is 0. The highest BCUT2D eigenvalue weighted by molar-refractivity contribution is 4.68. The molecule has 8 heavy (non-hydrogen) atoms. The van der Waals surface area contributed by atoms with Crippen LogP contribution in [-0.2, 0) is 4.74 Å². The molecule has 1 saturated carbocycles. The lowest BCUT2D eigenvalue weighted by Gasteiger charge is -2.26. The van der Waals surface area contributed by atoms with Crippen molar-refractivity contribution in [2.75, 3.05) is 0 Å². The Morgan fingerprint density at radius 1 is 1.62 bits per heavy atom. The van der Waals surface area contributed by atoms with Gasteiger partial charge in [-0.25, -0.2) is 0 Å². The van der Waals surface area contributed by atoms with E-state index >= 15 is 0 Å². The van der Waals surface area contributed by atoms with Crippen molar-refractivity contribution in [1.29, 1.82) is 0 Å². The van der Waals surface area contributed by atoms with E-state index in [0.29, 0.717) is 6.10 Å². The molecule has 0 saturated heterocycles. The first-order valence-electron chi connectivity index (χ1n) is 3.12. The second-order valence-corrected chi connectivity index (χ2v) is 2.29. The van der Waals surface area contributed by atoms with E-state index in [1.807, 2.05) is 0 Å². The predicted molar refractivity (Wildman–Crippen MR) is 30.4 cm³/mol. The molecule has 0 aromatic heterocycles. The molecule has 0 bridgehead atoms. The summed E-state index contributed by atoms with van der Waals surface area (Å²) in [7, 11) is 0. The van der Waals surface area contributed by atoms with Crippen LogP contribution in [0.5, 0.6) is 0 Å². The fourth-order valence-electron chi connectivity index (χ4n) is 0.785. The number of rotatable bonds is 2. The molecule has 1 atom stereocenters. The van der Waals surface area contributed by atoms with Crippen LogP contribution in [0.1, 0.15) is 26.2 Å². The third-order valence-corrected chi connectivity index (χ3v) is 1.44. The highest BCUT2D eigenvalue weighted by Crippen LogP contribution is 2.22. The van der Waals surface area contributed by atoms with Crippen molar-refractivity contribution >= 4 is 0 Å². The quantitative estimate of drug-likeness (QED) is 0.543. The van der Waals surface area contributed by atoms with Gasteiger partial charge < -0.3 is 9.84 Å². The zero-order valence-electron chi connectivity index (χ0n) is 5.13. The summed E-state index contributed by atoms with van der Waals surface area (Å²) < 4.78 is 5.04. The molecule has 2 nitrogen and oxygen atoms in total. The van der Waals surface area contributed by atoms with Gasteiger partial charge in [0, 0.05) is 0 Å². The number of hydrogen-bond acceptors (Lipinski definition) is 2. The molecule has 0 aromatic rings. The summed E-state index contributed by atoms with van der Waals surface area (Å²) in [5.41, 5.74) is 0. The molecular formula is C6H12O2. The molecular weight excluding hydrogens is 104 g/mol.